The molecular formula is C17H16ClN5O3S2. The highest BCUT2D eigenvalue weighted by atomic mass is 35.5. The van der Waals surface area contributed by atoms with Crippen molar-refractivity contribution in [1.29, 1.82) is 0 Å². The molecule has 0 aliphatic rings. The Hall–Kier alpha value is -2.56. The molecule has 0 unspecified atom stereocenters. The number of hydrogen-bond donors (Lipinski definition) is 2. The van der Waals surface area contributed by atoms with Crippen molar-refractivity contribution in [3.63, 3.8) is 0 Å². The van der Waals surface area contributed by atoms with Gasteiger partial charge in [-0.15, -0.1) is 21.5 Å². The molecule has 146 valence electrons. The number of aromatic nitrogens is 3. The fraction of sp³-hybridized carbons (Fsp3) is 0.176. The number of rotatable bonds is 8. The van der Waals surface area contributed by atoms with Crippen LogP contribution in [0.15, 0.2) is 40.9 Å². The van der Waals surface area contributed by atoms with Crippen LogP contribution < -0.4 is 15.8 Å². The summed E-state index contributed by atoms with van der Waals surface area (Å²) in [5, 5.41) is 14.2. The van der Waals surface area contributed by atoms with Crippen molar-refractivity contribution in [2.24, 2.45) is 12.8 Å². The molecular weight excluding hydrogens is 422 g/mol. The van der Waals surface area contributed by atoms with E-state index in [1.54, 1.807) is 47.3 Å². The van der Waals surface area contributed by atoms with E-state index in [0.717, 1.165) is 0 Å². The number of anilines is 1. The second-order valence-corrected chi connectivity index (χ2v) is 7.86. The summed E-state index contributed by atoms with van der Waals surface area (Å²) in [6, 6.07) is 8.59. The highest BCUT2D eigenvalue weighted by molar-refractivity contribution is 7.99. The second-order valence-electron chi connectivity index (χ2n) is 5.56. The molecule has 0 aliphatic carbocycles. The van der Waals surface area contributed by atoms with Gasteiger partial charge in [0.15, 0.2) is 11.0 Å². The highest BCUT2D eigenvalue weighted by Crippen LogP contribution is 2.24. The van der Waals surface area contributed by atoms with Gasteiger partial charge in [0.2, 0.25) is 5.91 Å². The maximum absolute atomic E-state index is 12.1. The van der Waals surface area contributed by atoms with Crippen molar-refractivity contribution < 1.29 is 14.3 Å². The van der Waals surface area contributed by atoms with Crippen molar-refractivity contribution in [3.05, 3.63) is 52.1 Å². The van der Waals surface area contributed by atoms with Gasteiger partial charge in [0.1, 0.15) is 17.4 Å². The molecule has 3 N–H and O–H groups in total. The predicted octanol–water partition coefficient (Wildman–Crippen LogP) is 2.94. The molecule has 0 aliphatic heterocycles. The first-order chi connectivity index (χ1) is 13.4. The normalized spacial score (nSPS) is 10.6. The van der Waals surface area contributed by atoms with E-state index in [0.29, 0.717) is 32.3 Å². The Morgan fingerprint density at radius 2 is 2.04 bits per heavy atom. The van der Waals surface area contributed by atoms with Gasteiger partial charge in [-0.3, -0.25) is 9.59 Å². The summed E-state index contributed by atoms with van der Waals surface area (Å²) in [5.41, 5.74) is 5.57. The molecule has 8 nitrogen and oxygen atoms in total. The third-order valence-electron chi connectivity index (χ3n) is 3.62. The van der Waals surface area contributed by atoms with Crippen LogP contribution in [0, 0.1) is 0 Å². The number of nitrogens with two attached hydrogens (primary N) is 1. The van der Waals surface area contributed by atoms with Crippen LogP contribution in [0.25, 0.3) is 0 Å². The van der Waals surface area contributed by atoms with Crippen LogP contribution in [-0.2, 0) is 18.4 Å². The lowest BCUT2D eigenvalue weighted by Crippen LogP contribution is -2.18. The first-order valence-electron chi connectivity index (χ1n) is 8.00. The van der Waals surface area contributed by atoms with Crippen molar-refractivity contribution in [2.75, 3.05) is 11.1 Å². The molecule has 2 heterocycles. The number of benzene rings is 1. The van der Waals surface area contributed by atoms with Crippen LogP contribution in [0.5, 0.6) is 5.75 Å². The second kappa shape index (κ2) is 9.09. The largest absolute Gasteiger partial charge is 0.486 e. The number of amides is 2. The van der Waals surface area contributed by atoms with Crippen LogP contribution in [0.3, 0.4) is 0 Å². The van der Waals surface area contributed by atoms with E-state index in [2.05, 4.69) is 15.5 Å². The van der Waals surface area contributed by atoms with Crippen LogP contribution in [0.4, 0.5) is 5.00 Å². The molecule has 1 aromatic carbocycles. The fourth-order valence-electron chi connectivity index (χ4n) is 2.17. The Balaban J connectivity index is 1.53. The molecule has 2 amide bonds. The molecule has 11 heteroatoms. The molecule has 0 radical (unpaired) electrons. The van der Waals surface area contributed by atoms with E-state index in [-0.39, 0.29) is 18.3 Å². The standard InChI is InChI=1S/C17H16ClN5O3S2/c1-23-13(8-26-11-4-2-10(18)3-5-11)21-22-17(23)28-9-14(24)20-16-12(15(19)25)6-7-27-16/h2-7H,8-9H2,1H3,(H2,19,25)(H,20,24). The molecule has 2 aromatic heterocycles. The van der Waals surface area contributed by atoms with Crippen LogP contribution >= 0.6 is 34.7 Å². The monoisotopic (exact) mass is 437 g/mol. The predicted molar refractivity (Wildman–Crippen MR) is 109 cm³/mol. The Bertz CT molecular complexity index is 987. The fourth-order valence-corrected chi connectivity index (χ4v) is 3.83. The number of nitrogens with one attached hydrogen (secondary N) is 1. The van der Waals surface area contributed by atoms with E-state index in [9.17, 15) is 9.59 Å². The average Bonchev–Trinajstić information content (AvgIpc) is 3.26. The lowest BCUT2D eigenvalue weighted by atomic mass is 10.3. The van der Waals surface area contributed by atoms with Gasteiger partial charge in [-0.25, -0.2) is 0 Å². The van der Waals surface area contributed by atoms with Gasteiger partial charge in [0, 0.05) is 12.1 Å². The summed E-state index contributed by atoms with van der Waals surface area (Å²) in [5.74, 6) is 0.550. The smallest absolute Gasteiger partial charge is 0.251 e. The minimum atomic E-state index is -0.581. The summed E-state index contributed by atoms with van der Waals surface area (Å²) in [6.07, 6.45) is 0. The SMILES string of the molecule is Cn1c(COc2ccc(Cl)cc2)nnc1SCC(=O)Nc1sccc1C(N)=O. The molecule has 28 heavy (non-hydrogen) atoms. The summed E-state index contributed by atoms with van der Waals surface area (Å²) in [7, 11) is 1.80. The zero-order chi connectivity index (χ0) is 20.1. The van der Waals surface area contributed by atoms with Gasteiger partial charge in [-0.05, 0) is 35.7 Å². The average molecular weight is 438 g/mol. The molecule has 0 bridgehead atoms. The van der Waals surface area contributed by atoms with E-state index in [1.807, 2.05) is 0 Å². The van der Waals surface area contributed by atoms with Gasteiger partial charge in [0.05, 0.1) is 11.3 Å². The number of halogens is 1. The maximum atomic E-state index is 12.1. The van der Waals surface area contributed by atoms with E-state index in [4.69, 9.17) is 22.1 Å². The summed E-state index contributed by atoms with van der Waals surface area (Å²) in [4.78, 5) is 23.4. The number of nitrogens with zero attached hydrogens (tertiary/aromatic N) is 3. The molecule has 0 fully saturated rings. The Labute approximate surface area is 174 Å². The van der Waals surface area contributed by atoms with Gasteiger partial charge in [0.25, 0.3) is 5.91 Å². The molecule has 0 atom stereocenters. The van der Waals surface area contributed by atoms with E-state index < -0.39 is 5.91 Å². The molecule has 0 spiro atoms. The van der Waals surface area contributed by atoms with Crippen molar-refractivity contribution in [2.45, 2.75) is 11.8 Å². The zero-order valence-corrected chi connectivity index (χ0v) is 17.1. The van der Waals surface area contributed by atoms with Crippen molar-refractivity contribution >= 4 is 51.5 Å². The first kappa shape index (κ1) is 20.2. The highest BCUT2D eigenvalue weighted by Gasteiger charge is 2.15. The first-order valence-corrected chi connectivity index (χ1v) is 10.2. The number of carbonyl (C=O) groups excluding carboxylic acids is 2. The van der Waals surface area contributed by atoms with Gasteiger partial charge < -0.3 is 20.4 Å². The zero-order valence-electron chi connectivity index (χ0n) is 14.7. The lowest BCUT2D eigenvalue weighted by molar-refractivity contribution is -0.113. The lowest BCUT2D eigenvalue weighted by Gasteiger charge is -2.07. The van der Waals surface area contributed by atoms with Crippen molar-refractivity contribution in [1.82, 2.24) is 14.8 Å². The van der Waals surface area contributed by atoms with E-state index >= 15 is 0 Å². The summed E-state index contributed by atoms with van der Waals surface area (Å²) < 4.78 is 7.42. The molecule has 3 rings (SSSR count). The number of primary amides is 1. The Morgan fingerprint density at radius 3 is 2.75 bits per heavy atom. The van der Waals surface area contributed by atoms with Gasteiger partial charge in [-0.2, -0.15) is 0 Å². The Morgan fingerprint density at radius 1 is 1.29 bits per heavy atom. The quantitative estimate of drug-likeness (QED) is 0.524. The third-order valence-corrected chi connectivity index (χ3v) is 5.72. The van der Waals surface area contributed by atoms with Gasteiger partial charge >= 0.3 is 0 Å². The third kappa shape index (κ3) is 5.03. The summed E-state index contributed by atoms with van der Waals surface area (Å²) >= 11 is 8.32. The van der Waals surface area contributed by atoms with Crippen LogP contribution in [-0.4, -0.2) is 32.3 Å². The number of hydrogen-bond acceptors (Lipinski definition) is 7. The van der Waals surface area contributed by atoms with Crippen LogP contribution in [0.2, 0.25) is 5.02 Å². The summed E-state index contributed by atoms with van der Waals surface area (Å²) in [6.45, 7) is 0.231. The van der Waals surface area contributed by atoms with Crippen LogP contribution in [0.1, 0.15) is 16.2 Å². The number of carbonyl (C=O) groups is 2. The number of ether oxygens (including phenoxy) is 1. The maximum Gasteiger partial charge on any atom is 0.251 e. The molecule has 3 aromatic rings. The number of thiophene rings is 1. The van der Waals surface area contributed by atoms with Gasteiger partial charge in [-0.1, -0.05) is 23.4 Å². The topological polar surface area (TPSA) is 112 Å². The van der Waals surface area contributed by atoms with E-state index in [1.165, 1.54) is 23.1 Å². The number of thioether (sulfide) groups is 1. The molecule has 0 saturated heterocycles. The minimum Gasteiger partial charge on any atom is -0.486 e. The Kier molecular flexibility index (Phi) is 6.55. The minimum absolute atomic E-state index is 0.111. The van der Waals surface area contributed by atoms with Crippen molar-refractivity contribution in [3.8, 4) is 5.75 Å². The molecule has 0 saturated carbocycles.